The molecule has 0 amide bonds. The van der Waals surface area contributed by atoms with E-state index in [1.165, 1.54) is 0 Å². The molecular weight excluding hydrogens is 356 g/mol. The maximum absolute atomic E-state index is 6.02. The molecule has 0 aromatic carbocycles. The molecule has 0 atom stereocenters. The van der Waals surface area contributed by atoms with Crippen LogP contribution in [-0.4, -0.2) is 72.3 Å². The molecule has 9 heteroatoms. The molecule has 1 saturated heterocycles. The third-order valence-corrected chi connectivity index (χ3v) is 4.40. The third kappa shape index (κ3) is 5.09. The molecule has 3 heterocycles. The molecule has 0 spiro atoms. The van der Waals surface area contributed by atoms with Gasteiger partial charge in [-0.15, -0.1) is 0 Å². The molecule has 2 aromatic rings. The van der Waals surface area contributed by atoms with Crippen molar-refractivity contribution in [3.8, 4) is 5.88 Å². The molecule has 140 valence electrons. The number of piperazine rings is 1. The fraction of sp³-hybridized carbons (Fsp3) is 0.471. The van der Waals surface area contributed by atoms with Gasteiger partial charge in [-0.3, -0.25) is 9.89 Å². The summed E-state index contributed by atoms with van der Waals surface area (Å²) in [6.07, 6.45) is 3.27. The Labute approximate surface area is 157 Å². The topological polar surface area (TPSA) is 79.0 Å². The highest BCUT2D eigenvalue weighted by Crippen LogP contribution is 2.19. The number of nitrogens with zero attached hydrogens (tertiary/aromatic N) is 5. The van der Waals surface area contributed by atoms with E-state index in [9.17, 15) is 0 Å². The van der Waals surface area contributed by atoms with Gasteiger partial charge in [0.2, 0.25) is 5.88 Å². The molecule has 1 aliphatic rings. The van der Waals surface area contributed by atoms with Crippen LogP contribution in [0.5, 0.6) is 5.88 Å². The van der Waals surface area contributed by atoms with Crippen molar-refractivity contribution in [2.24, 2.45) is 4.99 Å². The van der Waals surface area contributed by atoms with Gasteiger partial charge in [0, 0.05) is 52.0 Å². The summed E-state index contributed by atoms with van der Waals surface area (Å²) in [5.41, 5.74) is 0.964. The van der Waals surface area contributed by atoms with Crippen LogP contribution in [0.1, 0.15) is 5.69 Å². The highest BCUT2D eigenvalue weighted by molar-refractivity contribution is 6.31. The van der Waals surface area contributed by atoms with Gasteiger partial charge in [0.05, 0.1) is 12.2 Å². The number of aromatic nitrogens is 2. The minimum absolute atomic E-state index is 0.451. The van der Waals surface area contributed by atoms with E-state index in [2.05, 4.69) is 30.2 Å². The Kier molecular flexibility index (Phi) is 6.68. The molecule has 1 N–H and O–H groups in total. The minimum atomic E-state index is 0.451. The van der Waals surface area contributed by atoms with Crippen LogP contribution >= 0.6 is 11.6 Å². The Bertz CT molecular complexity index is 701. The summed E-state index contributed by atoms with van der Waals surface area (Å²) < 4.78 is 10.5. The first-order chi connectivity index (χ1) is 12.8. The van der Waals surface area contributed by atoms with Crippen molar-refractivity contribution in [1.29, 1.82) is 0 Å². The quantitative estimate of drug-likeness (QED) is 0.463. The molecule has 0 bridgehead atoms. The molecule has 3 rings (SSSR count). The Morgan fingerprint density at radius 1 is 1.35 bits per heavy atom. The summed E-state index contributed by atoms with van der Waals surface area (Å²) in [7, 11) is 1.79. The number of rotatable bonds is 6. The van der Waals surface area contributed by atoms with Crippen LogP contribution in [0.3, 0.4) is 0 Å². The SMILES string of the molecule is CN=C(NCCOc1ncccc1Cl)N1CCN(Cc2ccon2)CC1. The second-order valence-corrected chi connectivity index (χ2v) is 6.27. The van der Waals surface area contributed by atoms with Crippen molar-refractivity contribution in [2.45, 2.75) is 6.54 Å². The lowest BCUT2D eigenvalue weighted by atomic mass is 10.3. The van der Waals surface area contributed by atoms with Gasteiger partial charge < -0.3 is 19.5 Å². The third-order valence-electron chi connectivity index (χ3n) is 4.11. The molecular formula is C17H23ClN6O2. The van der Waals surface area contributed by atoms with Gasteiger partial charge in [0.15, 0.2) is 5.96 Å². The van der Waals surface area contributed by atoms with Crippen molar-refractivity contribution in [3.63, 3.8) is 0 Å². The lowest BCUT2D eigenvalue weighted by molar-refractivity contribution is 0.168. The highest BCUT2D eigenvalue weighted by Gasteiger charge is 2.20. The predicted molar refractivity (Wildman–Crippen MR) is 99.5 cm³/mol. The Hall–Kier alpha value is -2.32. The van der Waals surface area contributed by atoms with Crippen molar-refractivity contribution in [2.75, 3.05) is 46.4 Å². The van der Waals surface area contributed by atoms with E-state index in [-0.39, 0.29) is 0 Å². The van der Waals surface area contributed by atoms with Crippen LogP contribution in [-0.2, 0) is 6.54 Å². The summed E-state index contributed by atoms with van der Waals surface area (Å²) in [4.78, 5) is 13.1. The summed E-state index contributed by atoms with van der Waals surface area (Å²) in [5.74, 6) is 1.33. The molecule has 0 aliphatic carbocycles. The lowest BCUT2D eigenvalue weighted by Gasteiger charge is -2.36. The molecule has 0 unspecified atom stereocenters. The van der Waals surface area contributed by atoms with Crippen molar-refractivity contribution in [3.05, 3.63) is 41.4 Å². The number of halogens is 1. The average molecular weight is 379 g/mol. The van der Waals surface area contributed by atoms with Crippen molar-refractivity contribution < 1.29 is 9.26 Å². The number of pyridine rings is 1. The van der Waals surface area contributed by atoms with Crippen LogP contribution in [0.15, 0.2) is 40.2 Å². The summed E-state index contributed by atoms with van der Waals surface area (Å²) in [6.45, 7) is 5.62. The van der Waals surface area contributed by atoms with E-state index < -0.39 is 0 Å². The van der Waals surface area contributed by atoms with Gasteiger partial charge in [-0.05, 0) is 12.1 Å². The maximum Gasteiger partial charge on any atom is 0.232 e. The van der Waals surface area contributed by atoms with Gasteiger partial charge in [-0.1, -0.05) is 16.8 Å². The standard InChI is InChI=1S/C17H23ClN6O2/c1-19-17(21-6-12-25-16-15(18)3-2-5-20-16)24-9-7-23(8-10-24)13-14-4-11-26-22-14/h2-5,11H,6-10,12-13H2,1H3,(H,19,21). The fourth-order valence-corrected chi connectivity index (χ4v) is 2.96. The van der Waals surface area contributed by atoms with E-state index >= 15 is 0 Å². The normalized spacial score (nSPS) is 15.9. The van der Waals surface area contributed by atoms with Crippen LogP contribution in [0, 0.1) is 0 Å². The second kappa shape index (κ2) is 9.40. The molecule has 26 heavy (non-hydrogen) atoms. The highest BCUT2D eigenvalue weighted by atomic mass is 35.5. The van der Waals surface area contributed by atoms with Gasteiger partial charge in [0.1, 0.15) is 17.9 Å². The number of nitrogens with one attached hydrogen (secondary N) is 1. The average Bonchev–Trinajstić information content (AvgIpc) is 3.17. The summed E-state index contributed by atoms with van der Waals surface area (Å²) in [6, 6.07) is 5.44. The summed E-state index contributed by atoms with van der Waals surface area (Å²) in [5, 5.41) is 7.80. The van der Waals surface area contributed by atoms with Crippen LogP contribution in [0.2, 0.25) is 5.02 Å². The zero-order valence-electron chi connectivity index (χ0n) is 14.8. The predicted octanol–water partition coefficient (Wildman–Crippen LogP) is 1.49. The number of guanidine groups is 1. The first kappa shape index (κ1) is 18.5. The smallest absolute Gasteiger partial charge is 0.232 e. The molecule has 0 radical (unpaired) electrons. The molecule has 2 aromatic heterocycles. The molecule has 0 saturated carbocycles. The lowest BCUT2D eigenvalue weighted by Crippen LogP contribution is -2.52. The fourth-order valence-electron chi connectivity index (χ4n) is 2.79. The number of hydrogen-bond acceptors (Lipinski definition) is 6. The van der Waals surface area contributed by atoms with Crippen LogP contribution in [0.25, 0.3) is 0 Å². The monoisotopic (exact) mass is 378 g/mol. The number of ether oxygens (including phenoxy) is 1. The zero-order chi connectivity index (χ0) is 18.2. The summed E-state index contributed by atoms with van der Waals surface area (Å²) >= 11 is 6.02. The first-order valence-electron chi connectivity index (χ1n) is 8.57. The van der Waals surface area contributed by atoms with E-state index in [1.807, 2.05) is 6.07 Å². The van der Waals surface area contributed by atoms with E-state index in [4.69, 9.17) is 20.9 Å². The van der Waals surface area contributed by atoms with E-state index in [0.29, 0.717) is 24.1 Å². The Balaban J connectivity index is 1.38. The minimum Gasteiger partial charge on any atom is -0.475 e. The molecule has 1 aliphatic heterocycles. The van der Waals surface area contributed by atoms with E-state index in [0.717, 1.165) is 44.4 Å². The number of hydrogen-bond donors (Lipinski definition) is 1. The second-order valence-electron chi connectivity index (χ2n) is 5.87. The Morgan fingerprint density at radius 3 is 2.88 bits per heavy atom. The largest absolute Gasteiger partial charge is 0.475 e. The molecule has 8 nitrogen and oxygen atoms in total. The zero-order valence-corrected chi connectivity index (χ0v) is 15.5. The van der Waals surface area contributed by atoms with Crippen molar-refractivity contribution >= 4 is 17.6 Å². The number of aliphatic imine (C=N–C) groups is 1. The first-order valence-corrected chi connectivity index (χ1v) is 8.94. The van der Waals surface area contributed by atoms with Gasteiger partial charge in [-0.25, -0.2) is 4.98 Å². The van der Waals surface area contributed by atoms with Gasteiger partial charge in [-0.2, -0.15) is 0 Å². The maximum atomic E-state index is 6.02. The van der Waals surface area contributed by atoms with Crippen molar-refractivity contribution in [1.82, 2.24) is 25.3 Å². The van der Waals surface area contributed by atoms with E-state index in [1.54, 1.807) is 31.6 Å². The van der Waals surface area contributed by atoms with Crippen LogP contribution in [0.4, 0.5) is 0 Å². The van der Waals surface area contributed by atoms with Gasteiger partial charge >= 0.3 is 0 Å². The van der Waals surface area contributed by atoms with Crippen LogP contribution < -0.4 is 10.1 Å². The Morgan fingerprint density at radius 2 is 2.19 bits per heavy atom. The van der Waals surface area contributed by atoms with Gasteiger partial charge in [0.25, 0.3) is 0 Å². The molecule has 1 fully saturated rings.